The minimum Gasteiger partial charge on any atom is -0.467 e. The van der Waals surface area contributed by atoms with Gasteiger partial charge in [0.05, 0.1) is 7.11 Å². The van der Waals surface area contributed by atoms with Gasteiger partial charge in [-0.15, -0.1) is 0 Å². The molecule has 1 heterocycles. The number of carbonyl (C=O) groups excluding carboxylic acids is 1. The van der Waals surface area contributed by atoms with Gasteiger partial charge < -0.3 is 10.1 Å². The Bertz CT molecular complexity index is 394. The van der Waals surface area contributed by atoms with Gasteiger partial charge in [0.1, 0.15) is 6.04 Å². The Morgan fingerprint density at radius 3 is 2.18 bits per heavy atom. The highest BCUT2D eigenvalue weighted by atomic mass is 35.5. The molecule has 0 saturated carbocycles. The zero-order valence-corrected chi connectivity index (χ0v) is 11.1. The van der Waals surface area contributed by atoms with Gasteiger partial charge in [-0.3, -0.25) is 0 Å². The van der Waals surface area contributed by atoms with Gasteiger partial charge in [-0.25, -0.2) is 4.79 Å². The lowest BCUT2D eigenvalue weighted by molar-refractivity contribution is -0.142. The van der Waals surface area contributed by atoms with Crippen LogP contribution in [0, 0.1) is 5.92 Å². The number of nitrogens with one attached hydrogen (secondary N) is 1. The Kier molecular flexibility index (Phi) is 4.89. The van der Waals surface area contributed by atoms with E-state index in [0.717, 1.165) is 0 Å². The standard InChI is InChI=1S/C9H12Cl2N4O2/c1-4(2)5(6(16)17-3)12-9-14-7(10)13-8(11)15-9/h4-5H,1-3H3,(H,12,13,14,15). The van der Waals surface area contributed by atoms with Crippen molar-refractivity contribution in [3.05, 3.63) is 10.6 Å². The first-order valence-corrected chi connectivity index (χ1v) is 5.61. The number of hydrogen-bond acceptors (Lipinski definition) is 6. The maximum absolute atomic E-state index is 11.5. The number of hydrogen-bond donors (Lipinski definition) is 1. The molecule has 1 rings (SSSR count). The molecule has 17 heavy (non-hydrogen) atoms. The van der Waals surface area contributed by atoms with E-state index in [1.165, 1.54) is 7.11 Å². The van der Waals surface area contributed by atoms with E-state index < -0.39 is 12.0 Å². The van der Waals surface area contributed by atoms with Gasteiger partial charge in [-0.05, 0) is 29.1 Å². The lowest BCUT2D eigenvalue weighted by Crippen LogP contribution is -2.36. The van der Waals surface area contributed by atoms with Crippen molar-refractivity contribution in [3.63, 3.8) is 0 Å². The number of rotatable bonds is 4. The quantitative estimate of drug-likeness (QED) is 0.847. The number of esters is 1. The van der Waals surface area contributed by atoms with Crippen molar-refractivity contribution in [2.24, 2.45) is 5.92 Å². The Morgan fingerprint density at radius 1 is 1.24 bits per heavy atom. The van der Waals surface area contributed by atoms with E-state index >= 15 is 0 Å². The summed E-state index contributed by atoms with van der Waals surface area (Å²) in [5.74, 6) is -0.275. The molecule has 1 aromatic heterocycles. The van der Waals surface area contributed by atoms with E-state index in [2.05, 4.69) is 25.0 Å². The van der Waals surface area contributed by atoms with Gasteiger partial charge in [0, 0.05) is 0 Å². The first-order valence-electron chi connectivity index (χ1n) is 4.85. The van der Waals surface area contributed by atoms with Crippen LogP contribution in [0.1, 0.15) is 13.8 Å². The summed E-state index contributed by atoms with van der Waals surface area (Å²) in [7, 11) is 1.31. The Hall–Kier alpha value is -1.14. The van der Waals surface area contributed by atoms with Crippen LogP contribution in [0.4, 0.5) is 5.95 Å². The number of halogens is 2. The third-order valence-corrected chi connectivity index (χ3v) is 2.33. The van der Waals surface area contributed by atoms with Gasteiger partial charge in [-0.2, -0.15) is 15.0 Å². The molecular weight excluding hydrogens is 267 g/mol. The highest BCUT2D eigenvalue weighted by Crippen LogP contribution is 2.13. The van der Waals surface area contributed by atoms with Crippen LogP contribution in [0.5, 0.6) is 0 Å². The van der Waals surface area contributed by atoms with Crippen molar-refractivity contribution in [1.82, 2.24) is 15.0 Å². The van der Waals surface area contributed by atoms with E-state index in [-0.39, 0.29) is 22.4 Å². The summed E-state index contributed by atoms with van der Waals surface area (Å²) in [6, 6.07) is -0.575. The van der Waals surface area contributed by atoms with E-state index in [9.17, 15) is 4.79 Å². The van der Waals surface area contributed by atoms with Crippen molar-refractivity contribution in [2.45, 2.75) is 19.9 Å². The first-order chi connectivity index (χ1) is 7.93. The highest BCUT2D eigenvalue weighted by Gasteiger charge is 2.24. The van der Waals surface area contributed by atoms with Crippen LogP contribution < -0.4 is 5.32 Å². The highest BCUT2D eigenvalue weighted by molar-refractivity contribution is 6.31. The summed E-state index contributed by atoms with van der Waals surface area (Å²) < 4.78 is 4.67. The fourth-order valence-electron chi connectivity index (χ4n) is 1.15. The molecule has 1 aromatic rings. The number of anilines is 1. The maximum atomic E-state index is 11.5. The van der Waals surface area contributed by atoms with E-state index in [4.69, 9.17) is 23.2 Å². The molecule has 0 bridgehead atoms. The van der Waals surface area contributed by atoms with Gasteiger partial charge in [0.25, 0.3) is 0 Å². The minimum absolute atomic E-state index is 0.00299. The molecule has 8 heteroatoms. The van der Waals surface area contributed by atoms with Crippen LogP contribution in [0.3, 0.4) is 0 Å². The Morgan fingerprint density at radius 2 is 1.76 bits per heavy atom. The molecule has 6 nitrogen and oxygen atoms in total. The van der Waals surface area contributed by atoms with Crippen LogP contribution in [0.25, 0.3) is 0 Å². The smallest absolute Gasteiger partial charge is 0.328 e. The van der Waals surface area contributed by atoms with Crippen LogP contribution in [-0.4, -0.2) is 34.1 Å². The van der Waals surface area contributed by atoms with Crippen LogP contribution >= 0.6 is 23.2 Å². The predicted molar refractivity (Wildman–Crippen MR) is 64.1 cm³/mol. The topological polar surface area (TPSA) is 77.0 Å². The van der Waals surface area contributed by atoms with E-state index in [0.29, 0.717) is 0 Å². The summed E-state index contributed by atoms with van der Waals surface area (Å²) in [6.45, 7) is 3.72. The molecule has 0 saturated heterocycles. The number of nitrogens with zero attached hydrogens (tertiary/aromatic N) is 3. The van der Waals surface area contributed by atoms with Crippen LogP contribution in [0.15, 0.2) is 0 Å². The number of aromatic nitrogens is 3. The Balaban J connectivity index is 2.89. The number of methoxy groups -OCH3 is 1. The summed E-state index contributed by atoms with van der Waals surface area (Å²) >= 11 is 11.2. The number of ether oxygens (including phenoxy) is 1. The second-order valence-electron chi connectivity index (χ2n) is 3.59. The molecular formula is C9H12Cl2N4O2. The van der Waals surface area contributed by atoms with Crippen molar-refractivity contribution in [1.29, 1.82) is 0 Å². The van der Waals surface area contributed by atoms with E-state index in [1.807, 2.05) is 13.8 Å². The monoisotopic (exact) mass is 278 g/mol. The van der Waals surface area contributed by atoms with E-state index in [1.54, 1.807) is 0 Å². The van der Waals surface area contributed by atoms with Crippen LogP contribution in [0.2, 0.25) is 10.6 Å². The van der Waals surface area contributed by atoms with Crippen molar-refractivity contribution in [2.75, 3.05) is 12.4 Å². The Labute approximate surface area is 109 Å². The molecule has 1 atom stereocenters. The third-order valence-electron chi connectivity index (χ3n) is 1.99. The molecule has 0 radical (unpaired) electrons. The SMILES string of the molecule is COC(=O)C(Nc1nc(Cl)nc(Cl)n1)C(C)C. The fraction of sp³-hybridized carbons (Fsp3) is 0.556. The zero-order valence-electron chi connectivity index (χ0n) is 9.57. The molecule has 0 aliphatic rings. The van der Waals surface area contributed by atoms with Crippen molar-refractivity contribution >= 4 is 35.1 Å². The maximum Gasteiger partial charge on any atom is 0.328 e. The lowest BCUT2D eigenvalue weighted by Gasteiger charge is -2.19. The fourth-order valence-corrected chi connectivity index (χ4v) is 1.52. The summed E-state index contributed by atoms with van der Waals surface area (Å²) in [5.41, 5.74) is 0. The first kappa shape index (κ1) is 13.9. The third kappa shape index (κ3) is 3.98. The molecule has 0 aliphatic carbocycles. The summed E-state index contributed by atoms with van der Waals surface area (Å²) in [6.07, 6.45) is 0. The minimum atomic E-state index is -0.575. The largest absolute Gasteiger partial charge is 0.467 e. The molecule has 0 spiro atoms. The van der Waals surface area contributed by atoms with Crippen LogP contribution in [-0.2, 0) is 9.53 Å². The normalized spacial score (nSPS) is 12.4. The second-order valence-corrected chi connectivity index (χ2v) is 4.26. The average Bonchev–Trinajstić information content (AvgIpc) is 2.23. The second kappa shape index (κ2) is 5.97. The van der Waals surface area contributed by atoms with Gasteiger partial charge in [0.15, 0.2) is 0 Å². The van der Waals surface area contributed by atoms with Gasteiger partial charge >= 0.3 is 5.97 Å². The van der Waals surface area contributed by atoms with Crippen molar-refractivity contribution < 1.29 is 9.53 Å². The molecule has 0 amide bonds. The number of carbonyl (C=O) groups is 1. The molecule has 0 aromatic carbocycles. The predicted octanol–water partition coefficient (Wildman–Crippen LogP) is 1.79. The zero-order chi connectivity index (χ0) is 13.0. The van der Waals surface area contributed by atoms with Crippen molar-refractivity contribution in [3.8, 4) is 0 Å². The molecule has 1 N–H and O–H groups in total. The van der Waals surface area contributed by atoms with Gasteiger partial charge in [0.2, 0.25) is 16.5 Å². The molecule has 0 aliphatic heterocycles. The molecule has 1 unspecified atom stereocenters. The summed E-state index contributed by atoms with van der Waals surface area (Å²) in [4.78, 5) is 22.7. The van der Waals surface area contributed by atoms with Gasteiger partial charge in [-0.1, -0.05) is 13.8 Å². The molecule has 0 fully saturated rings. The average molecular weight is 279 g/mol. The summed E-state index contributed by atoms with van der Waals surface area (Å²) in [5, 5.41) is 2.72. The molecule has 94 valence electrons. The lowest BCUT2D eigenvalue weighted by atomic mass is 10.1.